The Morgan fingerprint density at radius 2 is 1.97 bits per heavy atom. The van der Waals surface area contributed by atoms with Gasteiger partial charge in [0.1, 0.15) is 17.5 Å². The van der Waals surface area contributed by atoms with Gasteiger partial charge in [0.05, 0.1) is 18.0 Å². The second kappa shape index (κ2) is 10.7. The van der Waals surface area contributed by atoms with E-state index in [9.17, 15) is 8.42 Å². The summed E-state index contributed by atoms with van der Waals surface area (Å²) in [7, 11) is -3.57. The summed E-state index contributed by atoms with van der Waals surface area (Å²) in [5.41, 5.74) is 3.85. The van der Waals surface area contributed by atoms with Gasteiger partial charge in [-0.1, -0.05) is 30.6 Å². The van der Waals surface area contributed by atoms with Gasteiger partial charge >= 0.3 is 10.2 Å². The van der Waals surface area contributed by atoms with Crippen molar-refractivity contribution in [2.24, 2.45) is 10.6 Å². The Kier molecular flexibility index (Phi) is 7.88. The van der Waals surface area contributed by atoms with E-state index in [4.69, 9.17) is 21.2 Å². The molecular formula is C25H33ClN4O4S. The number of aromatic nitrogens is 1. The normalized spacial score (nSPS) is 18.7. The molecule has 35 heavy (non-hydrogen) atoms. The Balaban J connectivity index is 1.28. The van der Waals surface area contributed by atoms with Crippen molar-refractivity contribution in [2.75, 3.05) is 37.2 Å². The fourth-order valence-electron chi connectivity index (χ4n) is 4.38. The van der Waals surface area contributed by atoms with Gasteiger partial charge in [-0.15, -0.1) is 0 Å². The Hall–Kier alpha value is -2.36. The van der Waals surface area contributed by atoms with Crippen molar-refractivity contribution in [1.29, 1.82) is 0 Å². The van der Waals surface area contributed by atoms with E-state index >= 15 is 0 Å². The standard InChI is InChI=1S/C25H33ClN4O4S/c1-4-34-28-23-8-5-19-17-21(6-7-22(19)23)33-16-11-25(2,3)10-13-29-14-15-30(35(29,31)32)20-9-12-27-24(26)18-20/h6-7,9,12,17-18H,4-5,8,10-11,13-16H2,1-3H3/b28-23+. The van der Waals surface area contributed by atoms with Crippen LogP contribution in [0.4, 0.5) is 5.69 Å². The lowest BCUT2D eigenvalue weighted by Crippen LogP contribution is -2.35. The van der Waals surface area contributed by atoms with Crippen LogP contribution in [0.15, 0.2) is 41.7 Å². The van der Waals surface area contributed by atoms with Crippen LogP contribution >= 0.6 is 11.6 Å². The summed E-state index contributed by atoms with van der Waals surface area (Å²) in [5, 5.41) is 4.49. The average Bonchev–Trinajstić information content (AvgIpc) is 3.35. The van der Waals surface area contributed by atoms with Gasteiger partial charge in [0.25, 0.3) is 0 Å². The maximum atomic E-state index is 13.0. The number of nitrogens with zero attached hydrogens (tertiary/aromatic N) is 4. The molecule has 1 aliphatic carbocycles. The van der Waals surface area contributed by atoms with E-state index in [2.05, 4.69) is 36.1 Å². The largest absolute Gasteiger partial charge is 0.494 e. The van der Waals surface area contributed by atoms with Crippen molar-refractivity contribution in [2.45, 2.75) is 46.5 Å². The minimum atomic E-state index is -3.57. The summed E-state index contributed by atoms with van der Waals surface area (Å²) in [4.78, 5) is 9.15. The molecule has 1 fully saturated rings. The molecule has 4 rings (SSSR count). The van der Waals surface area contributed by atoms with Crippen LogP contribution in [0.3, 0.4) is 0 Å². The lowest BCUT2D eigenvalue weighted by atomic mass is 9.86. The lowest BCUT2D eigenvalue weighted by Gasteiger charge is -2.27. The molecule has 0 amide bonds. The molecule has 2 heterocycles. The number of ether oxygens (including phenoxy) is 1. The van der Waals surface area contributed by atoms with Gasteiger partial charge in [-0.05, 0) is 73.9 Å². The number of aryl methyl sites for hydroxylation is 1. The molecular weight excluding hydrogens is 488 g/mol. The van der Waals surface area contributed by atoms with Crippen molar-refractivity contribution >= 4 is 33.2 Å². The van der Waals surface area contributed by atoms with E-state index in [1.807, 2.05) is 13.0 Å². The Labute approximate surface area is 213 Å². The summed E-state index contributed by atoms with van der Waals surface area (Å²) < 4.78 is 35.1. The first-order valence-corrected chi connectivity index (χ1v) is 13.8. The third kappa shape index (κ3) is 6.08. The molecule has 2 aromatic rings. The van der Waals surface area contributed by atoms with Crippen molar-refractivity contribution in [1.82, 2.24) is 9.29 Å². The number of pyridine rings is 1. The van der Waals surface area contributed by atoms with E-state index in [-0.39, 0.29) is 10.6 Å². The van der Waals surface area contributed by atoms with Crippen molar-refractivity contribution < 1.29 is 18.0 Å². The van der Waals surface area contributed by atoms with Gasteiger partial charge in [-0.25, -0.2) is 4.98 Å². The summed E-state index contributed by atoms with van der Waals surface area (Å²) in [5.74, 6) is 0.853. The first kappa shape index (κ1) is 25.7. The molecule has 1 aromatic heterocycles. The van der Waals surface area contributed by atoms with Crippen LogP contribution < -0.4 is 9.04 Å². The SMILES string of the molecule is CCO/N=C1\CCc2cc(OCCC(C)(C)CCN3CCN(c4ccnc(Cl)c4)S3(=O)=O)ccc21. The van der Waals surface area contributed by atoms with Crippen LogP contribution in [0.2, 0.25) is 5.15 Å². The number of rotatable bonds is 10. The third-order valence-electron chi connectivity index (χ3n) is 6.56. The molecule has 8 nitrogen and oxygen atoms in total. The second-order valence-electron chi connectivity index (χ2n) is 9.60. The maximum Gasteiger partial charge on any atom is 0.304 e. The zero-order valence-electron chi connectivity index (χ0n) is 20.5. The molecule has 0 unspecified atom stereocenters. The highest BCUT2D eigenvalue weighted by Gasteiger charge is 2.37. The summed E-state index contributed by atoms with van der Waals surface area (Å²) in [6.07, 6.45) is 4.90. The van der Waals surface area contributed by atoms with Crippen LogP contribution in [0.1, 0.15) is 51.2 Å². The van der Waals surface area contributed by atoms with Crippen LogP contribution in [-0.2, 0) is 21.5 Å². The van der Waals surface area contributed by atoms with Crippen molar-refractivity contribution in [3.8, 4) is 5.75 Å². The maximum absolute atomic E-state index is 13.0. The van der Waals surface area contributed by atoms with Gasteiger partial charge < -0.3 is 9.57 Å². The number of halogens is 1. The van der Waals surface area contributed by atoms with Crippen LogP contribution in [-0.4, -0.2) is 56.3 Å². The Morgan fingerprint density at radius 1 is 1.14 bits per heavy atom. The van der Waals surface area contributed by atoms with Crippen molar-refractivity contribution in [3.63, 3.8) is 0 Å². The number of fused-ring (bicyclic) bond motifs is 1. The number of hydrogen-bond donors (Lipinski definition) is 0. The predicted molar refractivity (Wildman–Crippen MR) is 139 cm³/mol. The van der Waals surface area contributed by atoms with Crippen LogP contribution in [0.5, 0.6) is 5.75 Å². The molecule has 0 atom stereocenters. The molecule has 0 N–H and O–H groups in total. The Bertz CT molecular complexity index is 1190. The monoisotopic (exact) mass is 520 g/mol. The zero-order valence-corrected chi connectivity index (χ0v) is 22.1. The first-order valence-electron chi connectivity index (χ1n) is 12.0. The molecule has 1 saturated heterocycles. The topological polar surface area (TPSA) is 84.3 Å². The quantitative estimate of drug-likeness (QED) is 0.335. The first-order chi connectivity index (χ1) is 16.7. The second-order valence-corrected chi connectivity index (χ2v) is 11.8. The fraction of sp³-hybridized carbons (Fsp3) is 0.520. The lowest BCUT2D eigenvalue weighted by molar-refractivity contribution is 0.158. The van der Waals surface area contributed by atoms with Crippen LogP contribution in [0.25, 0.3) is 0 Å². The molecule has 0 radical (unpaired) electrons. The van der Waals surface area contributed by atoms with Gasteiger partial charge in [0, 0.05) is 31.4 Å². The highest BCUT2D eigenvalue weighted by atomic mass is 35.5. The third-order valence-corrected chi connectivity index (χ3v) is 8.74. The number of hydrogen-bond acceptors (Lipinski definition) is 6. The molecule has 1 aliphatic heterocycles. The molecule has 0 bridgehead atoms. The fourth-order valence-corrected chi connectivity index (χ4v) is 6.15. The van der Waals surface area contributed by atoms with E-state index in [1.165, 1.54) is 16.1 Å². The molecule has 1 aromatic carbocycles. The molecule has 0 saturated carbocycles. The van der Waals surface area contributed by atoms with Gasteiger partial charge in [-0.2, -0.15) is 12.7 Å². The van der Waals surface area contributed by atoms with E-state index in [1.54, 1.807) is 16.4 Å². The van der Waals surface area contributed by atoms with Crippen LogP contribution in [0, 0.1) is 5.41 Å². The minimum Gasteiger partial charge on any atom is -0.494 e. The Morgan fingerprint density at radius 3 is 2.74 bits per heavy atom. The van der Waals surface area contributed by atoms with E-state index in [0.29, 0.717) is 38.5 Å². The molecule has 190 valence electrons. The predicted octanol–water partition coefficient (Wildman–Crippen LogP) is 4.67. The molecule has 10 heteroatoms. The molecule has 0 spiro atoms. The highest BCUT2D eigenvalue weighted by molar-refractivity contribution is 7.90. The molecule has 2 aliphatic rings. The summed E-state index contributed by atoms with van der Waals surface area (Å²) in [6.45, 7) is 8.69. The van der Waals surface area contributed by atoms with E-state index < -0.39 is 10.2 Å². The van der Waals surface area contributed by atoms with Gasteiger partial charge in [0.15, 0.2) is 0 Å². The minimum absolute atomic E-state index is 0.0725. The summed E-state index contributed by atoms with van der Waals surface area (Å²) in [6, 6.07) is 9.37. The van der Waals surface area contributed by atoms with Gasteiger partial charge in [-0.3, -0.25) is 4.31 Å². The van der Waals surface area contributed by atoms with Gasteiger partial charge in [0.2, 0.25) is 0 Å². The number of oxime groups is 1. The zero-order chi connectivity index (χ0) is 25.1. The van der Waals surface area contributed by atoms with Crippen molar-refractivity contribution in [3.05, 3.63) is 52.8 Å². The smallest absolute Gasteiger partial charge is 0.304 e. The number of benzene rings is 1. The highest BCUT2D eigenvalue weighted by Crippen LogP contribution is 2.31. The number of anilines is 1. The average molecular weight is 521 g/mol. The summed E-state index contributed by atoms with van der Waals surface area (Å²) >= 11 is 5.95. The van der Waals surface area contributed by atoms with E-state index in [0.717, 1.165) is 42.7 Å².